The van der Waals surface area contributed by atoms with Gasteiger partial charge in [0.1, 0.15) is 11.4 Å². The van der Waals surface area contributed by atoms with Crippen LogP contribution in [0.25, 0.3) is 10.9 Å². The van der Waals surface area contributed by atoms with E-state index in [1.807, 2.05) is 20.8 Å². The Balaban J connectivity index is 1.36. The molecule has 11 heteroatoms. The monoisotopic (exact) mass is 540 g/mol. The first-order valence-electron chi connectivity index (χ1n) is 12.8. The highest BCUT2D eigenvalue weighted by Gasteiger charge is 2.44. The van der Waals surface area contributed by atoms with Crippen molar-refractivity contribution in [2.45, 2.75) is 57.3 Å². The molecule has 1 spiro atoms. The Morgan fingerprint density at radius 3 is 2.56 bits per heavy atom. The average molecular weight is 541 g/mol. The lowest BCUT2D eigenvalue weighted by Gasteiger charge is -2.39. The average Bonchev–Trinajstić information content (AvgIpc) is 3.29. The molecule has 39 heavy (non-hydrogen) atoms. The van der Waals surface area contributed by atoms with Gasteiger partial charge in [0, 0.05) is 18.7 Å². The summed E-state index contributed by atoms with van der Waals surface area (Å²) in [6, 6.07) is 5.81. The van der Waals surface area contributed by atoms with E-state index in [1.165, 1.54) is 29.1 Å². The number of ether oxygens (including phenoxy) is 2. The van der Waals surface area contributed by atoms with Crippen LogP contribution in [0.3, 0.4) is 0 Å². The number of nitrogens with zero attached hydrogens (tertiary/aromatic N) is 3. The summed E-state index contributed by atoms with van der Waals surface area (Å²) in [5.74, 6) is -3.11. The first-order valence-corrected chi connectivity index (χ1v) is 12.8. The highest BCUT2D eigenvalue weighted by atomic mass is 19.1. The maximum absolute atomic E-state index is 14.5. The molecule has 0 radical (unpaired) electrons. The lowest BCUT2D eigenvalue weighted by atomic mass is 9.87. The van der Waals surface area contributed by atoms with Gasteiger partial charge in [0.25, 0.3) is 5.56 Å². The van der Waals surface area contributed by atoms with Crippen molar-refractivity contribution in [3.8, 4) is 0 Å². The fraction of sp³-hybridized carbons (Fsp3) is 0.429. The molecule has 2 aliphatic heterocycles. The van der Waals surface area contributed by atoms with E-state index in [1.54, 1.807) is 4.90 Å². The minimum absolute atomic E-state index is 0.0591. The summed E-state index contributed by atoms with van der Waals surface area (Å²) in [7, 11) is 0. The molecule has 1 amide bonds. The number of anilines is 1. The molecule has 0 saturated carbocycles. The van der Waals surface area contributed by atoms with Gasteiger partial charge in [-0.05, 0) is 70.4 Å². The summed E-state index contributed by atoms with van der Waals surface area (Å²) in [6.07, 6.45) is 2.86. The third kappa shape index (κ3) is 5.10. The van der Waals surface area contributed by atoms with Gasteiger partial charge in [0.2, 0.25) is 0 Å². The predicted molar refractivity (Wildman–Crippen MR) is 140 cm³/mol. The van der Waals surface area contributed by atoms with Gasteiger partial charge in [-0.3, -0.25) is 14.2 Å². The Labute approximate surface area is 223 Å². The maximum atomic E-state index is 14.5. The standard InChI is InChI=1S/C28H30F2N4O5/c1-27(2,3)39-26(37)33-10-8-28(9-11-33)13-17(14-38-28)34-15-32-21-7-4-16(12-18(21)25(34)36)24(35)22-19(29)5-6-20(31)23(22)30/h4-7,12,15,17H,8-11,13-14,31H2,1-3H3/t17-/m0/s1. The van der Waals surface area contributed by atoms with Crippen molar-refractivity contribution in [2.24, 2.45) is 0 Å². The minimum atomic E-state index is -1.14. The molecule has 2 aliphatic rings. The van der Waals surface area contributed by atoms with Crippen LogP contribution in [-0.2, 0) is 9.47 Å². The van der Waals surface area contributed by atoms with Crippen molar-refractivity contribution >= 4 is 28.5 Å². The molecule has 5 rings (SSSR count). The van der Waals surface area contributed by atoms with E-state index in [0.29, 0.717) is 37.9 Å². The van der Waals surface area contributed by atoms with Crippen LogP contribution in [0.1, 0.15) is 62.0 Å². The fourth-order valence-electron chi connectivity index (χ4n) is 5.23. The molecule has 206 valence electrons. The van der Waals surface area contributed by atoms with Crippen molar-refractivity contribution in [3.63, 3.8) is 0 Å². The molecule has 0 aliphatic carbocycles. The Morgan fingerprint density at radius 2 is 1.87 bits per heavy atom. The highest BCUT2D eigenvalue weighted by Crippen LogP contribution is 2.40. The lowest BCUT2D eigenvalue weighted by Crippen LogP contribution is -2.48. The predicted octanol–water partition coefficient (Wildman–Crippen LogP) is 4.22. The number of benzene rings is 2. The molecule has 3 heterocycles. The number of aromatic nitrogens is 2. The number of rotatable bonds is 3. The SMILES string of the molecule is CC(C)(C)OC(=O)N1CCC2(CC1)C[C@H](n1cnc3ccc(C(=O)c4c(F)ccc(N)c4F)cc3c1=O)CO2. The van der Waals surface area contributed by atoms with E-state index in [9.17, 15) is 23.2 Å². The van der Waals surface area contributed by atoms with Crippen molar-refractivity contribution in [1.29, 1.82) is 0 Å². The number of nitrogens with two attached hydrogens (primary N) is 1. The van der Waals surface area contributed by atoms with E-state index in [-0.39, 0.29) is 40.9 Å². The second-order valence-corrected chi connectivity index (χ2v) is 11.2. The van der Waals surface area contributed by atoms with Gasteiger partial charge in [-0.15, -0.1) is 0 Å². The lowest BCUT2D eigenvalue weighted by molar-refractivity contribution is -0.0486. The van der Waals surface area contributed by atoms with E-state index < -0.39 is 34.2 Å². The van der Waals surface area contributed by atoms with E-state index >= 15 is 0 Å². The van der Waals surface area contributed by atoms with Gasteiger partial charge >= 0.3 is 6.09 Å². The summed E-state index contributed by atoms with van der Waals surface area (Å²) in [6.45, 7) is 6.72. The largest absolute Gasteiger partial charge is 0.444 e. The molecule has 2 saturated heterocycles. The fourth-order valence-corrected chi connectivity index (χ4v) is 5.23. The van der Waals surface area contributed by atoms with Gasteiger partial charge in [0.05, 0.1) is 46.7 Å². The molecular weight excluding hydrogens is 510 g/mol. The van der Waals surface area contributed by atoms with E-state index in [2.05, 4.69) is 4.98 Å². The Kier molecular flexibility index (Phi) is 6.66. The van der Waals surface area contributed by atoms with Gasteiger partial charge in [0.15, 0.2) is 11.6 Å². The van der Waals surface area contributed by atoms with Gasteiger partial charge in [-0.2, -0.15) is 0 Å². The van der Waals surface area contributed by atoms with Gasteiger partial charge < -0.3 is 20.1 Å². The highest BCUT2D eigenvalue weighted by molar-refractivity contribution is 6.11. The number of ketones is 1. The zero-order valence-corrected chi connectivity index (χ0v) is 22.0. The summed E-state index contributed by atoms with van der Waals surface area (Å²) < 4.78 is 41.9. The number of hydrogen-bond acceptors (Lipinski definition) is 7. The molecule has 3 aromatic rings. The zero-order chi connectivity index (χ0) is 28.1. The summed E-state index contributed by atoms with van der Waals surface area (Å²) in [5, 5.41) is 0.147. The van der Waals surface area contributed by atoms with Crippen LogP contribution in [0.4, 0.5) is 19.3 Å². The van der Waals surface area contributed by atoms with Crippen molar-refractivity contribution in [1.82, 2.24) is 14.5 Å². The summed E-state index contributed by atoms with van der Waals surface area (Å²) in [4.78, 5) is 44.9. The van der Waals surface area contributed by atoms with Crippen LogP contribution in [0.15, 0.2) is 41.5 Å². The Hall–Kier alpha value is -3.86. The van der Waals surface area contributed by atoms with Crippen molar-refractivity contribution in [2.75, 3.05) is 25.4 Å². The number of fused-ring (bicyclic) bond motifs is 1. The summed E-state index contributed by atoms with van der Waals surface area (Å²) in [5.41, 5.74) is 3.24. The number of amides is 1. The first-order chi connectivity index (χ1) is 18.4. The van der Waals surface area contributed by atoms with Crippen LogP contribution in [0.5, 0.6) is 0 Å². The van der Waals surface area contributed by atoms with Crippen molar-refractivity contribution < 1.29 is 27.8 Å². The Morgan fingerprint density at radius 1 is 1.15 bits per heavy atom. The quantitative estimate of drug-likeness (QED) is 0.391. The topological polar surface area (TPSA) is 117 Å². The number of piperidine rings is 1. The normalized spacial score (nSPS) is 19.0. The van der Waals surface area contributed by atoms with E-state index in [0.717, 1.165) is 12.1 Å². The van der Waals surface area contributed by atoms with E-state index in [4.69, 9.17) is 15.2 Å². The number of carbonyl (C=O) groups is 2. The van der Waals surface area contributed by atoms with Gasteiger partial charge in [-0.1, -0.05) is 0 Å². The van der Waals surface area contributed by atoms with Gasteiger partial charge in [-0.25, -0.2) is 18.6 Å². The smallest absolute Gasteiger partial charge is 0.410 e. The molecule has 0 unspecified atom stereocenters. The number of halogens is 2. The van der Waals surface area contributed by atoms with Crippen LogP contribution in [0, 0.1) is 11.6 Å². The summed E-state index contributed by atoms with van der Waals surface area (Å²) >= 11 is 0. The first kappa shape index (κ1) is 26.7. The minimum Gasteiger partial charge on any atom is -0.444 e. The van der Waals surface area contributed by atoms with Crippen LogP contribution < -0.4 is 11.3 Å². The van der Waals surface area contributed by atoms with Crippen LogP contribution in [-0.4, -0.2) is 57.2 Å². The Bertz CT molecular complexity index is 1520. The molecular formula is C28H30F2N4O5. The third-order valence-corrected chi connectivity index (χ3v) is 7.30. The maximum Gasteiger partial charge on any atom is 0.410 e. The molecule has 2 fully saturated rings. The number of likely N-dealkylation sites (tertiary alicyclic amines) is 1. The molecule has 2 aromatic carbocycles. The zero-order valence-electron chi connectivity index (χ0n) is 22.0. The second-order valence-electron chi connectivity index (χ2n) is 11.2. The molecule has 1 aromatic heterocycles. The molecule has 2 N–H and O–H groups in total. The molecule has 1 atom stereocenters. The number of hydrogen-bond donors (Lipinski definition) is 1. The number of nitrogen functional groups attached to an aromatic ring is 1. The van der Waals surface area contributed by atoms with Crippen LogP contribution in [0.2, 0.25) is 0 Å². The second kappa shape index (κ2) is 9.71. The molecule has 0 bridgehead atoms. The number of carbonyl (C=O) groups excluding carboxylic acids is 2. The molecule has 9 nitrogen and oxygen atoms in total. The third-order valence-electron chi connectivity index (χ3n) is 7.30. The van der Waals surface area contributed by atoms with Crippen LogP contribution >= 0.6 is 0 Å². The van der Waals surface area contributed by atoms with Crippen molar-refractivity contribution in [3.05, 3.63) is 69.8 Å².